The van der Waals surface area contributed by atoms with E-state index in [-0.39, 0.29) is 11.2 Å². The molecule has 3 rings (SSSR count). The van der Waals surface area contributed by atoms with Crippen molar-refractivity contribution in [2.45, 2.75) is 31.2 Å². The molecule has 0 radical (unpaired) electrons. The fourth-order valence-corrected chi connectivity index (χ4v) is 3.30. The highest BCUT2D eigenvalue weighted by atomic mass is 32.2. The molecule has 25 heavy (non-hydrogen) atoms. The average molecular weight is 353 g/mol. The Morgan fingerprint density at radius 1 is 1.08 bits per heavy atom. The largest absolute Gasteiger partial charge is 0.325 e. The maximum atomic E-state index is 12.4. The lowest BCUT2D eigenvalue weighted by atomic mass is 10.1. The van der Waals surface area contributed by atoms with Crippen LogP contribution >= 0.6 is 11.8 Å². The van der Waals surface area contributed by atoms with E-state index in [4.69, 9.17) is 0 Å². The second kappa shape index (κ2) is 7.48. The number of hydrogen-bond donors (Lipinski definition) is 1. The van der Waals surface area contributed by atoms with Gasteiger partial charge >= 0.3 is 0 Å². The summed E-state index contributed by atoms with van der Waals surface area (Å²) in [4.78, 5) is 12.4. The highest BCUT2D eigenvalue weighted by molar-refractivity contribution is 8.00. The van der Waals surface area contributed by atoms with Crippen molar-refractivity contribution in [3.8, 4) is 5.69 Å². The second-order valence-electron chi connectivity index (χ2n) is 5.73. The minimum absolute atomic E-state index is 0.0905. The average Bonchev–Trinajstić information content (AvgIpc) is 3.03. The molecule has 7 heteroatoms. The van der Waals surface area contributed by atoms with Crippen LogP contribution in [0.3, 0.4) is 0 Å². The number of rotatable bonds is 5. The topological polar surface area (TPSA) is 72.7 Å². The molecule has 0 aliphatic rings. The molecule has 1 heterocycles. The Bertz CT molecular complexity index is 858. The van der Waals surface area contributed by atoms with Crippen LogP contribution in [0.2, 0.25) is 0 Å². The summed E-state index contributed by atoms with van der Waals surface area (Å²) in [7, 11) is 0. The van der Waals surface area contributed by atoms with Gasteiger partial charge in [0.05, 0.1) is 10.9 Å². The van der Waals surface area contributed by atoms with Crippen LogP contribution in [0.4, 0.5) is 5.69 Å². The highest BCUT2D eigenvalue weighted by Crippen LogP contribution is 2.26. The lowest BCUT2D eigenvalue weighted by molar-refractivity contribution is -0.115. The van der Waals surface area contributed by atoms with Crippen molar-refractivity contribution < 1.29 is 4.79 Å². The van der Waals surface area contributed by atoms with E-state index in [0.29, 0.717) is 5.16 Å². The first-order chi connectivity index (χ1) is 12.1. The molecule has 1 aromatic heterocycles. The lowest BCUT2D eigenvalue weighted by Gasteiger charge is -2.13. The summed E-state index contributed by atoms with van der Waals surface area (Å²) in [6, 6.07) is 15.4. The van der Waals surface area contributed by atoms with Gasteiger partial charge < -0.3 is 5.32 Å². The molecule has 2 aromatic carbocycles. The van der Waals surface area contributed by atoms with Crippen molar-refractivity contribution in [2.24, 2.45) is 0 Å². The number of aromatic nitrogens is 4. The molecule has 0 saturated carbocycles. The number of hydrogen-bond acceptors (Lipinski definition) is 5. The first-order valence-electron chi connectivity index (χ1n) is 7.94. The number of para-hydroxylation sites is 2. The minimum Gasteiger partial charge on any atom is -0.325 e. The Hall–Kier alpha value is -2.67. The molecule has 128 valence electrons. The molecule has 0 unspecified atom stereocenters. The van der Waals surface area contributed by atoms with Crippen LogP contribution in [0.25, 0.3) is 5.69 Å². The number of aryl methyl sites for hydroxylation is 2. The fraction of sp³-hybridized carbons (Fsp3) is 0.222. The first kappa shape index (κ1) is 17.2. The summed E-state index contributed by atoms with van der Waals surface area (Å²) in [5, 5.41) is 15.1. The van der Waals surface area contributed by atoms with Crippen LogP contribution in [0.1, 0.15) is 18.1 Å². The molecule has 0 aliphatic carbocycles. The number of thioether (sulfide) groups is 1. The number of nitrogens with one attached hydrogen (secondary N) is 1. The molecule has 0 fully saturated rings. The normalized spacial score (nSPS) is 12.0. The van der Waals surface area contributed by atoms with Crippen molar-refractivity contribution >= 4 is 23.4 Å². The van der Waals surface area contributed by atoms with Gasteiger partial charge in [0.2, 0.25) is 11.1 Å². The summed E-state index contributed by atoms with van der Waals surface area (Å²) >= 11 is 1.33. The van der Waals surface area contributed by atoms with Gasteiger partial charge in [-0.25, -0.2) is 0 Å². The van der Waals surface area contributed by atoms with Gasteiger partial charge in [0.15, 0.2) is 0 Å². The standard InChI is InChI=1S/C18H19N5OS/c1-12-8-7-9-13(2)16(12)23-18(20-21-22-23)25-14(3)17(24)19-15-10-5-4-6-11-15/h4-11,14H,1-3H3,(H,19,24)/t14-/m1/s1. The second-order valence-corrected chi connectivity index (χ2v) is 7.04. The zero-order chi connectivity index (χ0) is 17.8. The number of carbonyl (C=O) groups excluding carboxylic acids is 1. The van der Waals surface area contributed by atoms with E-state index >= 15 is 0 Å². The van der Waals surface area contributed by atoms with Crippen molar-refractivity contribution in [1.82, 2.24) is 20.2 Å². The Kier molecular flexibility index (Phi) is 5.14. The number of anilines is 1. The van der Waals surface area contributed by atoms with Gasteiger partial charge in [-0.2, -0.15) is 4.68 Å². The van der Waals surface area contributed by atoms with Crippen LogP contribution in [0, 0.1) is 13.8 Å². The van der Waals surface area contributed by atoms with Gasteiger partial charge in [0.1, 0.15) is 0 Å². The number of amides is 1. The van der Waals surface area contributed by atoms with Crippen LogP contribution in [-0.2, 0) is 4.79 Å². The third kappa shape index (κ3) is 3.88. The Labute approximate surface area is 150 Å². The Balaban J connectivity index is 1.78. The minimum atomic E-state index is -0.339. The number of nitrogens with zero attached hydrogens (tertiary/aromatic N) is 4. The third-order valence-electron chi connectivity index (χ3n) is 3.78. The van der Waals surface area contributed by atoms with Crippen LogP contribution in [-0.4, -0.2) is 31.4 Å². The van der Waals surface area contributed by atoms with Crippen molar-refractivity contribution in [3.63, 3.8) is 0 Å². The van der Waals surface area contributed by atoms with Crippen molar-refractivity contribution in [1.29, 1.82) is 0 Å². The molecule has 0 aliphatic heterocycles. The highest BCUT2D eigenvalue weighted by Gasteiger charge is 2.20. The monoisotopic (exact) mass is 353 g/mol. The maximum absolute atomic E-state index is 12.4. The molecule has 0 saturated heterocycles. The van der Waals surface area contributed by atoms with E-state index in [2.05, 4.69) is 20.8 Å². The molecular weight excluding hydrogens is 334 g/mol. The van der Waals surface area contributed by atoms with Gasteiger partial charge in [-0.3, -0.25) is 4.79 Å². The predicted octanol–water partition coefficient (Wildman–Crippen LogP) is 3.40. The Morgan fingerprint density at radius 2 is 1.76 bits per heavy atom. The van der Waals surface area contributed by atoms with E-state index in [0.717, 1.165) is 22.5 Å². The van der Waals surface area contributed by atoms with Gasteiger partial charge in [0, 0.05) is 5.69 Å². The quantitative estimate of drug-likeness (QED) is 0.712. The van der Waals surface area contributed by atoms with E-state index in [9.17, 15) is 4.79 Å². The summed E-state index contributed by atoms with van der Waals surface area (Å²) in [5.41, 5.74) is 3.88. The lowest BCUT2D eigenvalue weighted by Crippen LogP contribution is -2.23. The van der Waals surface area contributed by atoms with Crippen molar-refractivity contribution in [2.75, 3.05) is 5.32 Å². The zero-order valence-electron chi connectivity index (χ0n) is 14.3. The van der Waals surface area contributed by atoms with Gasteiger partial charge in [0.25, 0.3) is 0 Å². The molecule has 1 atom stereocenters. The SMILES string of the molecule is Cc1cccc(C)c1-n1nnnc1S[C@H](C)C(=O)Nc1ccccc1. The smallest absolute Gasteiger partial charge is 0.237 e. The summed E-state index contributed by atoms with van der Waals surface area (Å²) in [5.74, 6) is -0.0905. The summed E-state index contributed by atoms with van der Waals surface area (Å²) in [6.45, 7) is 5.88. The van der Waals surface area contributed by atoms with E-state index in [1.807, 2.05) is 69.3 Å². The van der Waals surface area contributed by atoms with Crippen LogP contribution < -0.4 is 5.32 Å². The van der Waals surface area contributed by atoms with Gasteiger partial charge in [-0.15, -0.1) is 5.10 Å². The maximum Gasteiger partial charge on any atom is 0.237 e. The van der Waals surface area contributed by atoms with Crippen LogP contribution in [0.15, 0.2) is 53.7 Å². The number of carbonyl (C=O) groups is 1. The number of tetrazole rings is 1. The summed E-state index contributed by atoms with van der Waals surface area (Å²) in [6.07, 6.45) is 0. The molecule has 6 nitrogen and oxygen atoms in total. The first-order valence-corrected chi connectivity index (χ1v) is 8.82. The summed E-state index contributed by atoms with van der Waals surface area (Å²) < 4.78 is 1.70. The predicted molar refractivity (Wildman–Crippen MR) is 99.0 cm³/mol. The van der Waals surface area contributed by atoms with E-state index in [1.54, 1.807) is 4.68 Å². The van der Waals surface area contributed by atoms with Gasteiger partial charge in [-0.1, -0.05) is 48.2 Å². The Morgan fingerprint density at radius 3 is 2.44 bits per heavy atom. The molecule has 1 N–H and O–H groups in total. The molecule has 1 amide bonds. The zero-order valence-corrected chi connectivity index (χ0v) is 15.1. The molecule has 0 bridgehead atoms. The molecular formula is C18H19N5OS. The van der Waals surface area contributed by atoms with E-state index < -0.39 is 0 Å². The van der Waals surface area contributed by atoms with Crippen LogP contribution in [0.5, 0.6) is 0 Å². The fourth-order valence-electron chi connectivity index (χ4n) is 2.51. The molecule has 0 spiro atoms. The van der Waals surface area contributed by atoms with E-state index in [1.165, 1.54) is 11.8 Å². The molecule has 3 aromatic rings. The van der Waals surface area contributed by atoms with Crippen molar-refractivity contribution in [3.05, 3.63) is 59.7 Å². The third-order valence-corrected chi connectivity index (χ3v) is 4.82. The van der Waals surface area contributed by atoms with Gasteiger partial charge in [-0.05, 0) is 54.5 Å². The number of benzene rings is 2.